The standard InChI is InChI=1S/C15H17N3O2S/c1-10-11(2)21-8-7-17(10)14-3-4-15(18(19)20)13-9-16-6-5-12(13)14/h3-6,9-11H,7-8H2,1-2H3. The molecular weight excluding hydrogens is 286 g/mol. The van der Waals surface area contributed by atoms with E-state index in [-0.39, 0.29) is 10.6 Å². The molecule has 110 valence electrons. The summed E-state index contributed by atoms with van der Waals surface area (Å²) in [6.07, 6.45) is 3.28. The minimum Gasteiger partial charge on any atom is -0.366 e. The Morgan fingerprint density at radius 1 is 1.33 bits per heavy atom. The molecule has 0 amide bonds. The molecule has 6 heteroatoms. The number of benzene rings is 1. The van der Waals surface area contributed by atoms with Gasteiger partial charge in [0.15, 0.2) is 0 Å². The molecule has 5 nitrogen and oxygen atoms in total. The first-order valence-electron chi connectivity index (χ1n) is 6.99. The summed E-state index contributed by atoms with van der Waals surface area (Å²) in [7, 11) is 0. The molecule has 21 heavy (non-hydrogen) atoms. The number of nitro groups is 1. The molecule has 0 bridgehead atoms. The number of hydrogen-bond donors (Lipinski definition) is 0. The maximum Gasteiger partial charge on any atom is 0.278 e. The van der Waals surface area contributed by atoms with Gasteiger partial charge in [-0.25, -0.2) is 0 Å². The van der Waals surface area contributed by atoms with E-state index < -0.39 is 0 Å². The number of anilines is 1. The molecule has 0 radical (unpaired) electrons. The van der Waals surface area contributed by atoms with Crippen LogP contribution in [0.15, 0.2) is 30.6 Å². The number of non-ortho nitro benzene ring substituents is 1. The molecule has 2 aromatic rings. The van der Waals surface area contributed by atoms with E-state index in [0.717, 1.165) is 23.4 Å². The summed E-state index contributed by atoms with van der Waals surface area (Å²) in [4.78, 5) is 17.2. The number of nitro benzene ring substituents is 1. The Kier molecular flexibility index (Phi) is 3.71. The van der Waals surface area contributed by atoms with Crippen molar-refractivity contribution in [2.45, 2.75) is 25.1 Å². The summed E-state index contributed by atoms with van der Waals surface area (Å²) in [6, 6.07) is 5.75. The Hall–Kier alpha value is -1.82. The monoisotopic (exact) mass is 303 g/mol. The zero-order chi connectivity index (χ0) is 15.0. The fourth-order valence-electron chi connectivity index (χ4n) is 2.84. The predicted molar refractivity (Wildman–Crippen MR) is 87.1 cm³/mol. The van der Waals surface area contributed by atoms with Crippen LogP contribution in [0.4, 0.5) is 11.4 Å². The molecule has 2 heterocycles. The SMILES string of the molecule is CC1SCCN(c2ccc([N+](=O)[O-])c3cnccc23)C1C. The van der Waals surface area contributed by atoms with E-state index in [1.807, 2.05) is 23.9 Å². The fourth-order valence-corrected chi connectivity index (χ4v) is 3.94. The second kappa shape index (κ2) is 5.52. The number of thioether (sulfide) groups is 1. The van der Waals surface area contributed by atoms with Gasteiger partial charge in [-0.15, -0.1) is 0 Å². The maximum atomic E-state index is 11.2. The van der Waals surface area contributed by atoms with Crippen molar-refractivity contribution < 1.29 is 4.92 Å². The van der Waals surface area contributed by atoms with Gasteiger partial charge in [-0.2, -0.15) is 11.8 Å². The molecule has 1 fully saturated rings. The number of rotatable bonds is 2. The first kappa shape index (κ1) is 14.1. The van der Waals surface area contributed by atoms with Crippen molar-refractivity contribution in [2.24, 2.45) is 0 Å². The van der Waals surface area contributed by atoms with E-state index in [4.69, 9.17) is 0 Å². The van der Waals surface area contributed by atoms with Gasteiger partial charge in [0.25, 0.3) is 5.69 Å². The van der Waals surface area contributed by atoms with Crippen LogP contribution < -0.4 is 4.90 Å². The Bertz CT molecular complexity index is 692. The van der Waals surface area contributed by atoms with E-state index >= 15 is 0 Å². The van der Waals surface area contributed by atoms with Gasteiger partial charge in [0.05, 0.1) is 10.3 Å². The minimum absolute atomic E-state index is 0.119. The van der Waals surface area contributed by atoms with Crippen LogP contribution in [-0.4, -0.2) is 33.5 Å². The Balaban J connectivity index is 2.16. The molecule has 0 spiro atoms. The van der Waals surface area contributed by atoms with E-state index in [1.54, 1.807) is 18.5 Å². The molecule has 1 aromatic heterocycles. The van der Waals surface area contributed by atoms with Gasteiger partial charge in [0, 0.05) is 53.1 Å². The van der Waals surface area contributed by atoms with Crippen LogP contribution in [0.2, 0.25) is 0 Å². The lowest BCUT2D eigenvalue weighted by molar-refractivity contribution is -0.383. The third kappa shape index (κ3) is 2.44. The zero-order valence-corrected chi connectivity index (χ0v) is 12.8. The van der Waals surface area contributed by atoms with Gasteiger partial charge in [0.1, 0.15) is 0 Å². The number of aromatic nitrogens is 1. The Morgan fingerprint density at radius 3 is 2.90 bits per heavy atom. The normalized spacial score (nSPS) is 22.5. The van der Waals surface area contributed by atoms with Crippen molar-refractivity contribution in [1.29, 1.82) is 0 Å². The highest BCUT2D eigenvalue weighted by Crippen LogP contribution is 2.36. The number of fused-ring (bicyclic) bond motifs is 1. The third-order valence-electron chi connectivity index (χ3n) is 4.16. The van der Waals surface area contributed by atoms with Crippen molar-refractivity contribution in [3.05, 3.63) is 40.7 Å². The molecule has 3 rings (SSSR count). The predicted octanol–water partition coefficient (Wildman–Crippen LogP) is 3.47. The van der Waals surface area contributed by atoms with E-state index in [9.17, 15) is 10.1 Å². The van der Waals surface area contributed by atoms with Gasteiger partial charge in [-0.1, -0.05) is 6.92 Å². The lowest BCUT2D eigenvalue weighted by Gasteiger charge is -2.39. The van der Waals surface area contributed by atoms with Gasteiger partial charge < -0.3 is 4.90 Å². The lowest BCUT2D eigenvalue weighted by atomic mass is 10.1. The van der Waals surface area contributed by atoms with E-state index in [1.165, 1.54) is 0 Å². The molecular formula is C15H17N3O2S. The second-order valence-corrected chi connectivity index (χ2v) is 6.78. The van der Waals surface area contributed by atoms with Crippen LogP contribution in [0.25, 0.3) is 10.8 Å². The maximum absolute atomic E-state index is 11.2. The topological polar surface area (TPSA) is 59.3 Å². The minimum atomic E-state index is -0.341. The van der Waals surface area contributed by atoms with Crippen molar-refractivity contribution in [1.82, 2.24) is 4.98 Å². The molecule has 0 saturated carbocycles. The second-order valence-electron chi connectivity index (χ2n) is 5.29. The number of hydrogen-bond acceptors (Lipinski definition) is 5. The van der Waals surface area contributed by atoms with Gasteiger partial charge >= 0.3 is 0 Å². The average Bonchev–Trinajstić information content (AvgIpc) is 2.49. The first-order valence-corrected chi connectivity index (χ1v) is 8.04. The van der Waals surface area contributed by atoms with E-state index in [2.05, 4.69) is 23.7 Å². The summed E-state index contributed by atoms with van der Waals surface area (Å²) < 4.78 is 0. The largest absolute Gasteiger partial charge is 0.366 e. The molecule has 1 saturated heterocycles. The number of nitrogens with zero attached hydrogens (tertiary/aromatic N) is 3. The fraction of sp³-hybridized carbons (Fsp3) is 0.400. The van der Waals surface area contributed by atoms with Crippen LogP contribution in [-0.2, 0) is 0 Å². The molecule has 1 aliphatic heterocycles. The molecule has 1 aromatic carbocycles. The van der Waals surface area contributed by atoms with Gasteiger partial charge in [0.2, 0.25) is 0 Å². The summed E-state index contributed by atoms with van der Waals surface area (Å²) in [5, 5.41) is 13.2. The van der Waals surface area contributed by atoms with Crippen LogP contribution in [0.1, 0.15) is 13.8 Å². The molecule has 2 atom stereocenters. The van der Waals surface area contributed by atoms with Crippen LogP contribution in [0.3, 0.4) is 0 Å². The Labute approximate surface area is 127 Å². The van der Waals surface area contributed by atoms with E-state index in [0.29, 0.717) is 16.7 Å². The number of pyridine rings is 1. The average molecular weight is 303 g/mol. The molecule has 1 aliphatic rings. The quantitative estimate of drug-likeness (QED) is 0.628. The van der Waals surface area contributed by atoms with Crippen molar-refractivity contribution in [3.63, 3.8) is 0 Å². The van der Waals surface area contributed by atoms with Crippen molar-refractivity contribution in [2.75, 3.05) is 17.2 Å². The third-order valence-corrected chi connectivity index (χ3v) is 5.50. The molecule has 2 unspecified atom stereocenters. The van der Waals surface area contributed by atoms with Crippen LogP contribution in [0.5, 0.6) is 0 Å². The Morgan fingerprint density at radius 2 is 2.14 bits per heavy atom. The van der Waals surface area contributed by atoms with Crippen LogP contribution in [0, 0.1) is 10.1 Å². The van der Waals surface area contributed by atoms with Crippen LogP contribution >= 0.6 is 11.8 Å². The first-order chi connectivity index (χ1) is 10.1. The lowest BCUT2D eigenvalue weighted by Crippen LogP contribution is -2.44. The molecule has 0 aliphatic carbocycles. The smallest absolute Gasteiger partial charge is 0.278 e. The highest BCUT2D eigenvalue weighted by molar-refractivity contribution is 8.00. The summed E-state index contributed by atoms with van der Waals surface area (Å²) >= 11 is 1.98. The van der Waals surface area contributed by atoms with Crippen molar-refractivity contribution in [3.8, 4) is 0 Å². The molecule has 0 N–H and O–H groups in total. The van der Waals surface area contributed by atoms with Gasteiger partial charge in [-0.3, -0.25) is 15.1 Å². The highest BCUT2D eigenvalue weighted by Gasteiger charge is 2.27. The van der Waals surface area contributed by atoms with Gasteiger partial charge in [-0.05, 0) is 19.1 Å². The highest BCUT2D eigenvalue weighted by atomic mass is 32.2. The summed E-state index contributed by atoms with van der Waals surface area (Å²) in [5.41, 5.74) is 1.19. The van der Waals surface area contributed by atoms with Crippen molar-refractivity contribution >= 4 is 33.9 Å². The zero-order valence-electron chi connectivity index (χ0n) is 12.0. The summed E-state index contributed by atoms with van der Waals surface area (Å²) in [6.45, 7) is 5.41. The summed E-state index contributed by atoms with van der Waals surface area (Å²) in [5.74, 6) is 1.08.